The second kappa shape index (κ2) is 5.30. The van der Waals surface area contributed by atoms with Gasteiger partial charge in [0.1, 0.15) is 11.4 Å². The van der Waals surface area contributed by atoms with Gasteiger partial charge < -0.3 is 15.4 Å². The van der Waals surface area contributed by atoms with Crippen LogP contribution in [0.5, 0.6) is 5.75 Å². The molecular formula is C14H22N2O. The van der Waals surface area contributed by atoms with Gasteiger partial charge in [0.15, 0.2) is 0 Å². The molecule has 94 valence electrons. The van der Waals surface area contributed by atoms with E-state index in [2.05, 4.69) is 37.5 Å². The van der Waals surface area contributed by atoms with E-state index in [1.807, 2.05) is 12.1 Å². The molecule has 1 atom stereocenters. The number of rotatable bonds is 4. The van der Waals surface area contributed by atoms with Crippen molar-refractivity contribution in [2.75, 3.05) is 17.2 Å². The molecule has 0 fully saturated rings. The summed E-state index contributed by atoms with van der Waals surface area (Å²) in [5.74, 6) is 0.944. The highest BCUT2D eigenvalue weighted by Crippen LogP contribution is 2.36. The van der Waals surface area contributed by atoms with Crippen molar-refractivity contribution < 1.29 is 4.74 Å². The number of hydrogen-bond donors (Lipinski definition) is 2. The molecule has 0 aromatic heterocycles. The van der Waals surface area contributed by atoms with Gasteiger partial charge in [0, 0.05) is 12.6 Å². The van der Waals surface area contributed by atoms with Crippen LogP contribution in [0.15, 0.2) is 18.2 Å². The van der Waals surface area contributed by atoms with Gasteiger partial charge >= 0.3 is 0 Å². The molecule has 1 aliphatic rings. The van der Waals surface area contributed by atoms with Crippen LogP contribution in [0.3, 0.4) is 0 Å². The zero-order valence-electron chi connectivity index (χ0n) is 10.9. The van der Waals surface area contributed by atoms with Crippen molar-refractivity contribution in [2.24, 2.45) is 0 Å². The second-order valence-electron chi connectivity index (χ2n) is 4.86. The molecule has 1 aromatic carbocycles. The molecule has 0 bridgehead atoms. The standard InChI is InChI=1S/C14H22N2O/c1-4-6-11-9-15-14-12(16-11)7-5-8-13(14)17-10(2)3/h5,7-8,10-11,15-16H,4,6,9H2,1-3H3. The van der Waals surface area contributed by atoms with Crippen LogP contribution in [0.4, 0.5) is 11.4 Å². The first-order valence-corrected chi connectivity index (χ1v) is 6.50. The van der Waals surface area contributed by atoms with E-state index in [1.54, 1.807) is 0 Å². The number of nitrogens with one attached hydrogen (secondary N) is 2. The molecule has 0 aliphatic carbocycles. The van der Waals surface area contributed by atoms with Crippen molar-refractivity contribution in [3.8, 4) is 5.75 Å². The van der Waals surface area contributed by atoms with Crippen molar-refractivity contribution in [3.63, 3.8) is 0 Å². The van der Waals surface area contributed by atoms with Crippen LogP contribution in [0, 0.1) is 0 Å². The fourth-order valence-corrected chi connectivity index (χ4v) is 2.20. The summed E-state index contributed by atoms with van der Waals surface area (Å²) in [7, 11) is 0. The number of anilines is 2. The maximum atomic E-state index is 5.81. The van der Waals surface area contributed by atoms with Gasteiger partial charge in [-0.2, -0.15) is 0 Å². The molecule has 1 heterocycles. The highest BCUT2D eigenvalue weighted by Gasteiger charge is 2.19. The van der Waals surface area contributed by atoms with Gasteiger partial charge in [-0.15, -0.1) is 0 Å². The molecular weight excluding hydrogens is 212 g/mol. The van der Waals surface area contributed by atoms with Crippen LogP contribution in [-0.4, -0.2) is 18.7 Å². The summed E-state index contributed by atoms with van der Waals surface area (Å²) in [5.41, 5.74) is 2.27. The molecule has 1 unspecified atom stereocenters. The highest BCUT2D eigenvalue weighted by atomic mass is 16.5. The van der Waals surface area contributed by atoms with Gasteiger partial charge in [-0.25, -0.2) is 0 Å². The van der Waals surface area contributed by atoms with Gasteiger partial charge in [0.25, 0.3) is 0 Å². The highest BCUT2D eigenvalue weighted by molar-refractivity contribution is 5.77. The lowest BCUT2D eigenvalue weighted by Crippen LogP contribution is -2.33. The van der Waals surface area contributed by atoms with E-state index in [-0.39, 0.29) is 6.10 Å². The quantitative estimate of drug-likeness (QED) is 0.836. The van der Waals surface area contributed by atoms with Gasteiger partial charge in [-0.05, 0) is 32.4 Å². The summed E-state index contributed by atoms with van der Waals surface area (Å²) in [5, 5.41) is 7.05. The third-order valence-corrected chi connectivity index (χ3v) is 2.91. The Balaban J connectivity index is 2.17. The number of para-hydroxylation sites is 1. The molecule has 0 saturated carbocycles. The zero-order chi connectivity index (χ0) is 12.3. The molecule has 17 heavy (non-hydrogen) atoms. The van der Waals surface area contributed by atoms with Crippen LogP contribution in [-0.2, 0) is 0 Å². The van der Waals surface area contributed by atoms with E-state index in [0.29, 0.717) is 6.04 Å². The van der Waals surface area contributed by atoms with Crippen LogP contribution < -0.4 is 15.4 Å². The molecule has 0 amide bonds. The smallest absolute Gasteiger partial charge is 0.144 e. The SMILES string of the molecule is CCCC1CNc2c(cccc2OC(C)C)N1. The topological polar surface area (TPSA) is 33.3 Å². The lowest BCUT2D eigenvalue weighted by molar-refractivity contribution is 0.243. The van der Waals surface area contributed by atoms with Crippen molar-refractivity contribution in [3.05, 3.63) is 18.2 Å². The van der Waals surface area contributed by atoms with Crippen LogP contribution >= 0.6 is 0 Å². The first kappa shape index (κ1) is 12.1. The molecule has 2 N–H and O–H groups in total. The van der Waals surface area contributed by atoms with Gasteiger partial charge in [-0.1, -0.05) is 19.4 Å². The maximum absolute atomic E-state index is 5.81. The Bertz CT molecular complexity index is 376. The predicted molar refractivity (Wildman–Crippen MR) is 73.0 cm³/mol. The zero-order valence-corrected chi connectivity index (χ0v) is 10.9. The Morgan fingerprint density at radius 2 is 2.24 bits per heavy atom. The minimum absolute atomic E-state index is 0.205. The lowest BCUT2D eigenvalue weighted by Gasteiger charge is -2.29. The van der Waals surface area contributed by atoms with E-state index in [9.17, 15) is 0 Å². The van der Waals surface area contributed by atoms with Gasteiger partial charge in [0.2, 0.25) is 0 Å². The third kappa shape index (κ3) is 2.84. The number of fused-ring (bicyclic) bond motifs is 1. The molecule has 0 saturated heterocycles. The number of benzene rings is 1. The molecule has 1 aromatic rings. The van der Waals surface area contributed by atoms with Crippen molar-refractivity contribution in [1.82, 2.24) is 0 Å². The van der Waals surface area contributed by atoms with Crippen LogP contribution in [0.1, 0.15) is 33.6 Å². The summed E-state index contributed by atoms with van der Waals surface area (Å²) >= 11 is 0. The summed E-state index contributed by atoms with van der Waals surface area (Å²) < 4.78 is 5.81. The lowest BCUT2D eigenvalue weighted by atomic mass is 10.1. The Morgan fingerprint density at radius 1 is 1.41 bits per heavy atom. The maximum Gasteiger partial charge on any atom is 0.144 e. The van der Waals surface area contributed by atoms with E-state index in [0.717, 1.165) is 23.7 Å². The van der Waals surface area contributed by atoms with Crippen LogP contribution in [0.2, 0.25) is 0 Å². The molecule has 3 nitrogen and oxygen atoms in total. The van der Waals surface area contributed by atoms with Crippen molar-refractivity contribution in [1.29, 1.82) is 0 Å². The molecule has 2 rings (SSSR count). The predicted octanol–water partition coefficient (Wildman–Crippen LogP) is 3.48. The number of hydrogen-bond acceptors (Lipinski definition) is 3. The van der Waals surface area contributed by atoms with E-state index in [1.165, 1.54) is 12.8 Å². The summed E-state index contributed by atoms with van der Waals surface area (Å²) in [6.07, 6.45) is 2.61. The Kier molecular flexibility index (Phi) is 3.77. The average Bonchev–Trinajstić information content (AvgIpc) is 2.29. The minimum Gasteiger partial charge on any atom is -0.489 e. The monoisotopic (exact) mass is 234 g/mol. The van der Waals surface area contributed by atoms with Crippen molar-refractivity contribution in [2.45, 2.75) is 45.8 Å². The summed E-state index contributed by atoms with van der Waals surface area (Å²) in [6.45, 7) is 7.29. The largest absolute Gasteiger partial charge is 0.489 e. The normalized spacial score (nSPS) is 18.2. The van der Waals surface area contributed by atoms with Gasteiger partial charge in [-0.3, -0.25) is 0 Å². The fourth-order valence-electron chi connectivity index (χ4n) is 2.20. The van der Waals surface area contributed by atoms with Crippen LogP contribution in [0.25, 0.3) is 0 Å². The molecule has 0 spiro atoms. The van der Waals surface area contributed by atoms with E-state index >= 15 is 0 Å². The average molecular weight is 234 g/mol. The Morgan fingerprint density at radius 3 is 2.94 bits per heavy atom. The Labute approximate surface area is 104 Å². The first-order valence-electron chi connectivity index (χ1n) is 6.50. The molecule has 1 aliphatic heterocycles. The summed E-state index contributed by atoms with van der Waals surface area (Å²) in [6, 6.07) is 6.70. The third-order valence-electron chi connectivity index (χ3n) is 2.91. The Hall–Kier alpha value is -1.38. The first-order chi connectivity index (χ1) is 8.20. The molecule has 0 radical (unpaired) electrons. The fraction of sp³-hybridized carbons (Fsp3) is 0.571. The van der Waals surface area contributed by atoms with E-state index in [4.69, 9.17) is 4.74 Å². The number of ether oxygens (including phenoxy) is 1. The van der Waals surface area contributed by atoms with Gasteiger partial charge in [0.05, 0.1) is 11.8 Å². The van der Waals surface area contributed by atoms with Crippen molar-refractivity contribution >= 4 is 11.4 Å². The van der Waals surface area contributed by atoms with E-state index < -0.39 is 0 Å². The minimum atomic E-state index is 0.205. The molecule has 3 heteroatoms. The second-order valence-corrected chi connectivity index (χ2v) is 4.86. The summed E-state index contributed by atoms with van der Waals surface area (Å²) in [4.78, 5) is 0.